The third-order valence-electron chi connectivity index (χ3n) is 4.02. The summed E-state index contributed by atoms with van der Waals surface area (Å²) in [7, 11) is 0. The number of anilines is 1. The molecule has 6 heteroatoms. The number of rotatable bonds is 11. The molecule has 0 saturated heterocycles. The first kappa shape index (κ1) is 21.4. The second-order valence-corrected chi connectivity index (χ2v) is 6.21. The van der Waals surface area contributed by atoms with Crippen molar-refractivity contribution in [3.8, 4) is 5.75 Å². The molecule has 0 heterocycles. The van der Waals surface area contributed by atoms with E-state index in [1.165, 1.54) is 0 Å². The van der Waals surface area contributed by atoms with E-state index in [4.69, 9.17) is 9.47 Å². The van der Waals surface area contributed by atoms with E-state index in [0.717, 1.165) is 12.8 Å². The minimum atomic E-state index is -0.240. The predicted molar refractivity (Wildman–Crippen MR) is 110 cm³/mol. The Kier molecular flexibility index (Phi) is 9.01. The van der Waals surface area contributed by atoms with Crippen molar-refractivity contribution in [2.24, 2.45) is 0 Å². The number of hydrogen-bond acceptors (Lipinski definition) is 4. The summed E-state index contributed by atoms with van der Waals surface area (Å²) in [5.41, 5.74) is 1.69. The van der Waals surface area contributed by atoms with Crippen molar-refractivity contribution in [3.05, 3.63) is 59.7 Å². The van der Waals surface area contributed by atoms with Crippen LogP contribution in [0.2, 0.25) is 0 Å². The van der Waals surface area contributed by atoms with Crippen molar-refractivity contribution in [1.82, 2.24) is 5.32 Å². The number of hydrogen-bond donors (Lipinski definition) is 2. The molecule has 2 aromatic carbocycles. The van der Waals surface area contributed by atoms with Gasteiger partial charge in [0.2, 0.25) is 0 Å². The fourth-order valence-electron chi connectivity index (χ4n) is 2.48. The van der Waals surface area contributed by atoms with Crippen LogP contribution in [0, 0.1) is 0 Å². The van der Waals surface area contributed by atoms with Gasteiger partial charge in [0.1, 0.15) is 12.4 Å². The first-order valence-electron chi connectivity index (χ1n) is 9.64. The van der Waals surface area contributed by atoms with Crippen LogP contribution in [0.25, 0.3) is 0 Å². The Bertz CT molecular complexity index is 759. The Labute approximate surface area is 166 Å². The van der Waals surface area contributed by atoms with Gasteiger partial charge in [0.15, 0.2) is 0 Å². The third kappa shape index (κ3) is 7.04. The zero-order valence-corrected chi connectivity index (χ0v) is 16.5. The normalized spacial score (nSPS) is 10.4. The lowest BCUT2D eigenvalue weighted by Gasteiger charge is -2.09. The van der Waals surface area contributed by atoms with Crippen LogP contribution in [0.4, 0.5) is 5.69 Å². The molecular weight excluding hydrogens is 356 g/mol. The molecule has 2 amide bonds. The lowest BCUT2D eigenvalue weighted by Crippen LogP contribution is -2.24. The van der Waals surface area contributed by atoms with Crippen LogP contribution < -0.4 is 15.4 Å². The fourth-order valence-corrected chi connectivity index (χ4v) is 2.48. The zero-order chi connectivity index (χ0) is 20.2. The largest absolute Gasteiger partial charge is 0.491 e. The molecule has 150 valence electrons. The fraction of sp³-hybridized carbons (Fsp3) is 0.364. The maximum atomic E-state index is 12.5. The second-order valence-electron chi connectivity index (χ2n) is 6.21. The lowest BCUT2D eigenvalue weighted by atomic mass is 10.1. The molecule has 0 bridgehead atoms. The van der Waals surface area contributed by atoms with E-state index >= 15 is 0 Å². The van der Waals surface area contributed by atoms with Gasteiger partial charge in [-0.25, -0.2) is 0 Å². The van der Waals surface area contributed by atoms with Crippen molar-refractivity contribution in [2.45, 2.75) is 26.7 Å². The van der Waals surface area contributed by atoms with Gasteiger partial charge >= 0.3 is 0 Å². The highest BCUT2D eigenvalue weighted by molar-refractivity contribution is 6.04. The molecule has 2 rings (SSSR count). The smallest absolute Gasteiger partial charge is 0.255 e. The van der Waals surface area contributed by atoms with Gasteiger partial charge in [-0.1, -0.05) is 19.4 Å². The van der Waals surface area contributed by atoms with Gasteiger partial charge in [-0.3, -0.25) is 9.59 Å². The molecule has 2 aromatic rings. The van der Waals surface area contributed by atoms with Gasteiger partial charge in [-0.05, 0) is 55.8 Å². The summed E-state index contributed by atoms with van der Waals surface area (Å²) in [5.74, 6) is 0.269. The van der Waals surface area contributed by atoms with Crippen molar-refractivity contribution < 1.29 is 19.1 Å². The number of ether oxygens (including phenoxy) is 2. The summed E-state index contributed by atoms with van der Waals surface area (Å²) in [6, 6.07) is 13.8. The maximum absolute atomic E-state index is 12.5. The zero-order valence-electron chi connectivity index (χ0n) is 16.5. The molecule has 0 saturated carbocycles. The number of carbonyl (C=O) groups excluding carboxylic acids is 2. The average molecular weight is 384 g/mol. The minimum Gasteiger partial charge on any atom is -0.491 e. The van der Waals surface area contributed by atoms with Gasteiger partial charge in [-0.2, -0.15) is 0 Å². The van der Waals surface area contributed by atoms with Crippen molar-refractivity contribution in [1.29, 1.82) is 0 Å². The summed E-state index contributed by atoms with van der Waals surface area (Å²) in [6.45, 7) is 6.25. The van der Waals surface area contributed by atoms with Crippen LogP contribution in [-0.4, -0.2) is 38.2 Å². The number of nitrogens with one attached hydrogen (secondary N) is 2. The van der Waals surface area contributed by atoms with E-state index < -0.39 is 0 Å². The minimum absolute atomic E-state index is 0.108. The molecular formula is C22H28N2O4. The van der Waals surface area contributed by atoms with Gasteiger partial charge < -0.3 is 20.1 Å². The summed E-state index contributed by atoms with van der Waals surface area (Å²) in [4.78, 5) is 24.5. The van der Waals surface area contributed by atoms with E-state index in [-0.39, 0.29) is 11.8 Å². The highest BCUT2D eigenvalue weighted by Crippen LogP contribution is 2.16. The van der Waals surface area contributed by atoms with Crippen LogP contribution in [0.15, 0.2) is 48.5 Å². The number of benzene rings is 2. The lowest BCUT2D eigenvalue weighted by molar-refractivity contribution is 0.0952. The van der Waals surface area contributed by atoms with E-state index in [0.29, 0.717) is 48.9 Å². The number of carbonyl (C=O) groups is 2. The second kappa shape index (κ2) is 11.8. The first-order valence-corrected chi connectivity index (χ1v) is 9.64. The van der Waals surface area contributed by atoms with E-state index in [2.05, 4.69) is 17.6 Å². The maximum Gasteiger partial charge on any atom is 0.255 e. The molecule has 0 aliphatic rings. The van der Waals surface area contributed by atoms with Gasteiger partial charge in [-0.15, -0.1) is 0 Å². The molecule has 28 heavy (non-hydrogen) atoms. The molecule has 0 fully saturated rings. The van der Waals surface area contributed by atoms with Crippen LogP contribution >= 0.6 is 0 Å². The van der Waals surface area contributed by atoms with Gasteiger partial charge in [0.25, 0.3) is 11.8 Å². The van der Waals surface area contributed by atoms with Crippen LogP contribution in [-0.2, 0) is 4.74 Å². The summed E-state index contributed by atoms with van der Waals surface area (Å²) < 4.78 is 10.8. The molecule has 0 unspecified atom stereocenters. The van der Waals surface area contributed by atoms with Gasteiger partial charge in [0.05, 0.1) is 6.61 Å². The monoisotopic (exact) mass is 384 g/mol. The predicted octanol–water partition coefficient (Wildman–Crippen LogP) is 3.88. The van der Waals surface area contributed by atoms with E-state index in [9.17, 15) is 9.59 Å². The molecule has 0 aliphatic heterocycles. The Morgan fingerprint density at radius 1 is 0.929 bits per heavy atom. The SMILES string of the molecule is CCCCNC(=O)c1ccc(NC(=O)c2cccc(OCCOCC)c2)cc1. The first-order chi connectivity index (χ1) is 13.6. The molecule has 0 aliphatic carbocycles. The highest BCUT2D eigenvalue weighted by Gasteiger charge is 2.09. The molecule has 0 atom stereocenters. The van der Waals surface area contributed by atoms with Crippen molar-refractivity contribution >= 4 is 17.5 Å². The summed E-state index contributed by atoms with van der Waals surface area (Å²) in [6.07, 6.45) is 1.98. The average Bonchev–Trinajstić information content (AvgIpc) is 2.72. The topological polar surface area (TPSA) is 76.7 Å². The number of unbranched alkanes of at least 4 members (excludes halogenated alkanes) is 1. The third-order valence-corrected chi connectivity index (χ3v) is 4.02. The standard InChI is InChI=1S/C22H28N2O4/c1-3-5-13-23-21(25)17-9-11-19(12-10-17)24-22(26)18-7-6-8-20(16-18)28-15-14-27-4-2/h6-12,16H,3-5,13-15H2,1-2H3,(H,23,25)(H,24,26). The quantitative estimate of drug-likeness (QED) is 0.577. The number of amides is 2. The molecule has 0 aromatic heterocycles. The highest BCUT2D eigenvalue weighted by atomic mass is 16.5. The Balaban J connectivity index is 1.91. The van der Waals surface area contributed by atoms with E-state index in [1.807, 2.05) is 6.92 Å². The molecule has 0 radical (unpaired) electrons. The van der Waals surface area contributed by atoms with Crippen molar-refractivity contribution in [3.63, 3.8) is 0 Å². The van der Waals surface area contributed by atoms with Gasteiger partial charge in [0, 0.05) is 30.0 Å². The van der Waals surface area contributed by atoms with Crippen LogP contribution in [0.1, 0.15) is 47.4 Å². The Morgan fingerprint density at radius 3 is 2.43 bits per heavy atom. The van der Waals surface area contributed by atoms with Crippen molar-refractivity contribution in [2.75, 3.05) is 31.7 Å². The van der Waals surface area contributed by atoms with Crippen LogP contribution in [0.3, 0.4) is 0 Å². The Morgan fingerprint density at radius 2 is 1.71 bits per heavy atom. The van der Waals surface area contributed by atoms with E-state index in [1.54, 1.807) is 48.5 Å². The summed E-state index contributed by atoms with van der Waals surface area (Å²) >= 11 is 0. The Hall–Kier alpha value is -2.86. The summed E-state index contributed by atoms with van der Waals surface area (Å²) in [5, 5.41) is 5.70. The van der Waals surface area contributed by atoms with Crippen LogP contribution in [0.5, 0.6) is 5.75 Å². The molecule has 2 N–H and O–H groups in total. The molecule has 6 nitrogen and oxygen atoms in total. The molecule has 0 spiro atoms.